The molecule has 2 heterocycles. The maximum Gasteiger partial charge on any atom is 0.410 e. The first-order valence-corrected chi connectivity index (χ1v) is 7.87. The van der Waals surface area contributed by atoms with Crippen molar-refractivity contribution >= 4 is 23.5 Å². The molecule has 1 fully saturated rings. The highest BCUT2D eigenvalue weighted by Gasteiger charge is 2.30. The van der Waals surface area contributed by atoms with E-state index >= 15 is 0 Å². The van der Waals surface area contributed by atoms with Gasteiger partial charge in [0.1, 0.15) is 11.8 Å². The van der Waals surface area contributed by atoms with Crippen LogP contribution in [0, 0.1) is 10.1 Å². The third kappa shape index (κ3) is 4.59. The van der Waals surface area contributed by atoms with Gasteiger partial charge in [-0.25, -0.2) is 9.78 Å². The standard InChI is InChI=1S/C14H19N3O4S/c1-14(2,3)21-13(18)16-7-6-11(9-16)22-12-5-4-10(8-15-12)17(19)20/h4-5,8,11H,6-7,9H2,1-3H3/t11-/m1/s1. The predicted molar refractivity (Wildman–Crippen MR) is 83.0 cm³/mol. The zero-order chi connectivity index (χ0) is 16.3. The lowest BCUT2D eigenvalue weighted by atomic mass is 10.2. The smallest absolute Gasteiger partial charge is 0.410 e. The van der Waals surface area contributed by atoms with E-state index in [0.29, 0.717) is 13.1 Å². The number of thioether (sulfide) groups is 1. The van der Waals surface area contributed by atoms with Gasteiger partial charge in [-0.15, -0.1) is 11.8 Å². The average Bonchev–Trinajstić information content (AvgIpc) is 2.86. The second-order valence-electron chi connectivity index (χ2n) is 6.07. The summed E-state index contributed by atoms with van der Waals surface area (Å²) in [7, 11) is 0. The van der Waals surface area contributed by atoms with Gasteiger partial charge in [0.15, 0.2) is 0 Å². The van der Waals surface area contributed by atoms with Crippen molar-refractivity contribution < 1.29 is 14.5 Å². The Morgan fingerprint density at radius 3 is 2.77 bits per heavy atom. The van der Waals surface area contributed by atoms with E-state index in [-0.39, 0.29) is 17.0 Å². The number of aromatic nitrogens is 1. The molecule has 1 amide bonds. The number of carbonyl (C=O) groups is 1. The maximum atomic E-state index is 12.0. The number of rotatable bonds is 3. The van der Waals surface area contributed by atoms with Gasteiger partial charge in [-0.3, -0.25) is 10.1 Å². The first kappa shape index (κ1) is 16.5. The average molecular weight is 325 g/mol. The number of pyridine rings is 1. The molecule has 7 nitrogen and oxygen atoms in total. The number of nitro groups is 1. The Morgan fingerprint density at radius 2 is 2.23 bits per heavy atom. The summed E-state index contributed by atoms with van der Waals surface area (Å²) in [6.07, 6.45) is 1.80. The van der Waals surface area contributed by atoms with E-state index in [0.717, 1.165) is 11.4 Å². The molecule has 0 unspecified atom stereocenters. The van der Waals surface area contributed by atoms with Crippen molar-refractivity contribution in [1.29, 1.82) is 0 Å². The third-order valence-corrected chi connectivity index (χ3v) is 4.22. The van der Waals surface area contributed by atoms with Crippen molar-refractivity contribution in [3.8, 4) is 0 Å². The molecule has 1 aliphatic rings. The molecule has 0 N–H and O–H groups in total. The van der Waals surface area contributed by atoms with E-state index in [1.807, 2.05) is 20.8 Å². The number of carbonyl (C=O) groups excluding carboxylic acids is 1. The summed E-state index contributed by atoms with van der Waals surface area (Å²) in [5, 5.41) is 11.5. The number of ether oxygens (including phenoxy) is 1. The van der Waals surface area contributed by atoms with Gasteiger partial charge >= 0.3 is 6.09 Å². The molecule has 0 aromatic carbocycles. The minimum atomic E-state index is -0.498. The van der Waals surface area contributed by atoms with Crippen molar-refractivity contribution in [3.05, 3.63) is 28.4 Å². The first-order valence-electron chi connectivity index (χ1n) is 6.99. The normalized spacial score (nSPS) is 18.3. The van der Waals surface area contributed by atoms with Crippen LogP contribution >= 0.6 is 11.8 Å². The highest BCUT2D eigenvalue weighted by atomic mass is 32.2. The summed E-state index contributed by atoms with van der Waals surface area (Å²) in [6.45, 7) is 6.77. The Hall–Kier alpha value is -1.83. The lowest BCUT2D eigenvalue weighted by Gasteiger charge is -2.24. The van der Waals surface area contributed by atoms with Gasteiger partial charge in [0.25, 0.3) is 5.69 Å². The first-order chi connectivity index (χ1) is 10.2. The minimum absolute atomic E-state index is 0.0221. The number of nitrogens with zero attached hydrogens (tertiary/aromatic N) is 3. The molecule has 120 valence electrons. The van der Waals surface area contributed by atoms with Crippen LogP contribution in [0.2, 0.25) is 0 Å². The van der Waals surface area contributed by atoms with Crippen molar-refractivity contribution in [3.63, 3.8) is 0 Å². The highest BCUT2D eigenvalue weighted by Crippen LogP contribution is 2.29. The van der Waals surface area contributed by atoms with Crippen LogP contribution in [-0.4, -0.2) is 44.8 Å². The van der Waals surface area contributed by atoms with Gasteiger partial charge in [-0.1, -0.05) is 0 Å². The van der Waals surface area contributed by atoms with Crippen LogP contribution in [0.15, 0.2) is 23.4 Å². The highest BCUT2D eigenvalue weighted by molar-refractivity contribution is 7.99. The molecule has 1 aliphatic heterocycles. The number of hydrogen-bond donors (Lipinski definition) is 0. The van der Waals surface area contributed by atoms with Crippen LogP contribution in [0.4, 0.5) is 10.5 Å². The topological polar surface area (TPSA) is 85.6 Å². The SMILES string of the molecule is CC(C)(C)OC(=O)N1CC[C@@H](Sc2ccc([N+](=O)[O-])cn2)C1. The lowest BCUT2D eigenvalue weighted by molar-refractivity contribution is -0.385. The van der Waals surface area contributed by atoms with Crippen molar-refractivity contribution in [2.45, 2.75) is 43.1 Å². The van der Waals surface area contributed by atoms with Crippen LogP contribution in [-0.2, 0) is 4.74 Å². The Kier molecular flexibility index (Phi) is 4.90. The molecule has 1 aromatic rings. The molecule has 0 radical (unpaired) electrons. The van der Waals surface area contributed by atoms with E-state index in [2.05, 4.69) is 4.98 Å². The van der Waals surface area contributed by atoms with Crippen LogP contribution in [0.5, 0.6) is 0 Å². The van der Waals surface area contributed by atoms with Crippen molar-refractivity contribution in [1.82, 2.24) is 9.88 Å². The summed E-state index contributed by atoms with van der Waals surface area (Å²) < 4.78 is 5.35. The molecule has 0 spiro atoms. The molecule has 1 saturated heterocycles. The third-order valence-electron chi connectivity index (χ3n) is 3.02. The van der Waals surface area contributed by atoms with Gasteiger partial charge in [-0.2, -0.15) is 0 Å². The second kappa shape index (κ2) is 6.51. The number of hydrogen-bond acceptors (Lipinski definition) is 6. The van der Waals surface area contributed by atoms with Crippen LogP contribution in [0.1, 0.15) is 27.2 Å². The monoisotopic (exact) mass is 325 g/mol. The molecule has 1 aromatic heterocycles. The zero-order valence-corrected chi connectivity index (χ0v) is 13.6. The lowest BCUT2D eigenvalue weighted by Crippen LogP contribution is -2.35. The second-order valence-corrected chi connectivity index (χ2v) is 7.39. The van der Waals surface area contributed by atoms with E-state index in [9.17, 15) is 14.9 Å². The predicted octanol–water partition coefficient (Wildman–Crippen LogP) is 3.09. The minimum Gasteiger partial charge on any atom is -0.444 e. The van der Waals surface area contributed by atoms with Gasteiger partial charge in [-0.05, 0) is 33.3 Å². The van der Waals surface area contributed by atoms with E-state index in [4.69, 9.17) is 4.74 Å². The van der Waals surface area contributed by atoms with Crippen LogP contribution in [0.25, 0.3) is 0 Å². The number of amides is 1. The van der Waals surface area contributed by atoms with E-state index in [1.54, 1.807) is 11.0 Å². The summed E-state index contributed by atoms with van der Waals surface area (Å²) >= 11 is 1.53. The molecule has 2 rings (SSSR count). The zero-order valence-electron chi connectivity index (χ0n) is 12.8. The molecule has 0 bridgehead atoms. The van der Waals surface area contributed by atoms with Crippen molar-refractivity contribution in [2.75, 3.05) is 13.1 Å². The van der Waals surface area contributed by atoms with Crippen LogP contribution in [0.3, 0.4) is 0 Å². The Balaban J connectivity index is 1.88. The summed E-state index contributed by atoms with van der Waals surface area (Å²) in [4.78, 5) is 27.9. The summed E-state index contributed by atoms with van der Waals surface area (Å²) in [5.41, 5.74) is -0.520. The molecule has 8 heteroatoms. The molecule has 22 heavy (non-hydrogen) atoms. The molecular weight excluding hydrogens is 306 g/mol. The fourth-order valence-corrected chi connectivity index (χ4v) is 3.12. The fourth-order valence-electron chi connectivity index (χ4n) is 2.04. The molecule has 0 saturated carbocycles. The van der Waals surface area contributed by atoms with Gasteiger partial charge in [0.2, 0.25) is 0 Å². The molecular formula is C14H19N3O4S. The Morgan fingerprint density at radius 1 is 1.50 bits per heavy atom. The molecule has 1 atom stereocenters. The van der Waals surface area contributed by atoms with E-state index < -0.39 is 10.5 Å². The summed E-state index contributed by atoms with van der Waals surface area (Å²) in [5.74, 6) is 0. The largest absolute Gasteiger partial charge is 0.444 e. The number of likely N-dealkylation sites (tertiary alicyclic amines) is 1. The fraction of sp³-hybridized carbons (Fsp3) is 0.571. The Bertz CT molecular complexity index is 556. The van der Waals surface area contributed by atoms with Crippen LogP contribution < -0.4 is 0 Å². The van der Waals surface area contributed by atoms with E-state index in [1.165, 1.54) is 24.0 Å². The quantitative estimate of drug-likeness (QED) is 0.627. The van der Waals surface area contributed by atoms with Gasteiger partial charge in [0, 0.05) is 24.4 Å². The maximum absolute atomic E-state index is 12.0. The van der Waals surface area contributed by atoms with Gasteiger partial charge < -0.3 is 9.64 Å². The van der Waals surface area contributed by atoms with Gasteiger partial charge in [0.05, 0.1) is 9.95 Å². The summed E-state index contributed by atoms with van der Waals surface area (Å²) in [6, 6.07) is 3.08. The van der Waals surface area contributed by atoms with Crippen molar-refractivity contribution in [2.24, 2.45) is 0 Å². The molecule has 0 aliphatic carbocycles. The Labute approximate surface area is 133 Å².